The number of urea groups is 1. The second-order valence-corrected chi connectivity index (χ2v) is 5.11. The zero-order valence-electron chi connectivity index (χ0n) is 12.1. The van der Waals surface area contributed by atoms with Crippen LogP contribution in [-0.2, 0) is 4.79 Å². The molecular weight excluding hydrogens is 296 g/mol. The van der Waals surface area contributed by atoms with Gasteiger partial charge in [0.1, 0.15) is 6.54 Å². The van der Waals surface area contributed by atoms with Gasteiger partial charge in [-0.05, 0) is 19.1 Å². The molecule has 1 aromatic rings. The highest BCUT2D eigenvalue weighted by molar-refractivity contribution is 5.96. The molecular formula is C14H17F2N3O3. The number of nitrogens with zero attached hydrogens (tertiary/aromatic N) is 2. The quantitative estimate of drug-likeness (QED) is 0.840. The van der Waals surface area contributed by atoms with Crippen LogP contribution in [0.15, 0.2) is 18.2 Å². The maximum Gasteiger partial charge on any atom is 0.325 e. The van der Waals surface area contributed by atoms with Crippen LogP contribution in [0.5, 0.6) is 0 Å². The van der Waals surface area contributed by atoms with Crippen molar-refractivity contribution in [3.8, 4) is 0 Å². The van der Waals surface area contributed by atoms with E-state index < -0.39 is 23.8 Å². The Hall–Kier alpha value is -2.22. The van der Waals surface area contributed by atoms with Crippen LogP contribution in [0.2, 0.25) is 0 Å². The second-order valence-electron chi connectivity index (χ2n) is 5.11. The molecule has 2 N–H and O–H groups in total. The lowest BCUT2D eigenvalue weighted by atomic mass is 10.3. The van der Waals surface area contributed by atoms with Crippen LogP contribution in [0.4, 0.5) is 19.3 Å². The number of benzene rings is 1. The summed E-state index contributed by atoms with van der Waals surface area (Å²) in [5, 5.41) is 11.6. The molecule has 2 rings (SSSR count). The predicted octanol–water partition coefficient (Wildman–Crippen LogP) is 0.704. The van der Waals surface area contributed by atoms with Crippen molar-refractivity contribution in [1.82, 2.24) is 10.2 Å². The summed E-state index contributed by atoms with van der Waals surface area (Å²) < 4.78 is 26.1. The van der Waals surface area contributed by atoms with Crippen LogP contribution in [0, 0.1) is 11.6 Å². The number of anilines is 1. The molecule has 0 aromatic heterocycles. The molecule has 1 aromatic carbocycles. The van der Waals surface area contributed by atoms with E-state index in [0.717, 1.165) is 12.1 Å². The number of hydrogen-bond acceptors (Lipinski definition) is 3. The molecule has 1 fully saturated rings. The minimum absolute atomic E-state index is 0.105. The van der Waals surface area contributed by atoms with Gasteiger partial charge in [0, 0.05) is 31.4 Å². The van der Waals surface area contributed by atoms with E-state index in [1.165, 1.54) is 22.8 Å². The van der Waals surface area contributed by atoms with Gasteiger partial charge in [0.25, 0.3) is 0 Å². The van der Waals surface area contributed by atoms with E-state index in [9.17, 15) is 18.4 Å². The topological polar surface area (TPSA) is 72.9 Å². The number of carbonyl (C=O) groups excluding carboxylic acids is 2. The van der Waals surface area contributed by atoms with Gasteiger partial charge in [-0.25, -0.2) is 13.6 Å². The van der Waals surface area contributed by atoms with Crippen molar-refractivity contribution in [2.24, 2.45) is 0 Å². The van der Waals surface area contributed by atoms with Crippen molar-refractivity contribution in [3.63, 3.8) is 0 Å². The molecule has 6 nitrogen and oxygen atoms in total. The second kappa shape index (κ2) is 6.69. The molecule has 8 heteroatoms. The van der Waals surface area contributed by atoms with Crippen molar-refractivity contribution in [2.75, 3.05) is 31.1 Å². The highest BCUT2D eigenvalue weighted by Crippen LogP contribution is 2.22. The summed E-state index contributed by atoms with van der Waals surface area (Å²) in [6.45, 7) is 2.08. The number of amides is 3. The molecule has 1 unspecified atom stereocenters. The highest BCUT2D eigenvalue weighted by Gasteiger charge is 2.31. The summed E-state index contributed by atoms with van der Waals surface area (Å²) in [4.78, 5) is 26.4. The monoisotopic (exact) mass is 313 g/mol. The maximum atomic E-state index is 13.2. The lowest BCUT2D eigenvalue weighted by molar-refractivity contribution is -0.121. The fourth-order valence-corrected chi connectivity index (χ4v) is 2.11. The number of hydrogen-bond donors (Lipinski definition) is 2. The Balaban J connectivity index is 1.97. The lowest BCUT2D eigenvalue weighted by Gasteiger charge is -2.18. The third kappa shape index (κ3) is 3.70. The first-order valence-corrected chi connectivity index (χ1v) is 6.84. The molecule has 0 spiro atoms. The minimum Gasteiger partial charge on any atom is -0.392 e. The first-order valence-electron chi connectivity index (χ1n) is 6.84. The average Bonchev–Trinajstić information content (AvgIpc) is 2.81. The number of carbonyl (C=O) groups is 2. The van der Waals surface area contributed by atoms with Crippen LogP contribution in [0.25, 0.3) is 0 Å². The van der Waals surface area contributed by atoms with Crippen molar-refractivity contribution in [2.45, 2.75) is 13.0 Å². The Kier molecular flexibility index (Phi) is 4.92. The summed E-state index contributed by atoms with van der Waals surface area (Å²) >= 11 is 0. The van der Waals surface area contributed by atoms with Crippen LogP contribution < -0.4 is 10.2 Å². The van der Waals surface area contributed by atoms with Gasteiger partial charge >= 0.3 is 6.03 Å². The predicted molar refractivity (Wildman–Crippen MR) is 75.4 cm³/mol. The normalized spacial score (nSPS) is 16.1. The van der Waals surface area contributed by atoms with Gasteiger partial charge in [-0.3, -0.25) is 9.69 Å². The van der Waals surface area contributed by atoms with Gasteiger partial charge in [-0.2, -0.15) is 0 Å². The smallest absolute Gasteiger partial charge is 0.325 e. The number of aliphatic hydroxyl groups is 1. The van der Waals surface area contributed by atoms with E-state index in [2.05, 4.69) is 5.32 Å². The van der Waals surface area contributed by atoms with Crippen LogP contribution in [0.1, 0.15) is 6.92 Å². The molecule has 0 saturated carbocycles. The Morgan fingerprint density at radius 2 is 2.09 bits per heavy atom. The van der Waals surface area contributed by atoms with Gasteiger partial charge in [0.05, 0.1) is 6.10 Å². The van der Waals surface area contributed by atoms with Crippen LogP contribution in [-0.4, -0.2) is 54.2 Å². The first-order chi connectivity index (χ1) is 10.4. The summed E-state index contributed by atoms with van der Waals surface area (Å²) in [5.41, 5.74) is 0.246. The van der Waals surface area contributed by atoms with E-state index in [0.29, 0.717) is 6.54 Å². The molecule has 1 saturated heterocycles. The Labute approximate surface area is 126 Å². The van der Waals surface area contributed by atoms with Gasteiger partial charge in [0.2, 0.25) is 5.91 Å². The molecule has 3 amide bonds. The van der Waals surface area contributed by atoms with E-state index in [1.54, 1.807) is 0 Å². The fourth-order valence-electron chi connectivity index (χ4n) is 2.11. The Morgan fingerprint density at radius 1 is 1.36 bits per heavy atom. The van der Waals surface area contributed by atoms with E-state index in [4.69, 9.17) is 5.11 Å². The van der Waals surface area contributed by atoms with Gasteiger partial charge in [-0.1, -0.05) is 0 Å². The average molecular weight is 313 g/mol. The molecule has 0 bridgehead atoms. The number of rotatable bonds is 5. The Bertz CT molecular complexity index is 580. The third-order valence-corrected chi connectivity index (χ3v) is 3.24. The highest BCUT2D eigenvalue weighted by atomic mass is 19.2. The maximum absolute atomic E-state index is 13.2. The molecule has 0 radical (unpaired) electrons. The largest absolute Gasteiger partial charge is 0.392 e. The molecule has 1 atom stereocenters. The molecule has 1 heterocycles. The number of aliphatic hydroxyl groups excluding tert-OH is 1. The molecule has 0 aliphatic carbocycles. The Morgan fingerprint density at radius 3 is 2.73 bits per heavy atom. The van der Waals surface area contributed by atoms with Crippen molar-refractivity contribution >= 4 is 17.6 Å². The van der Waals surface area contributed by atoms with E-state index in [-0.39, 0.29) is 31.2 Å². The van der Waals surface area contributed by atoms with Crippen LogP contribution in [0.3, 0.4) is 0 Å². The molecule has 120 valence electrons. The zero-order valence-corrected chi connectivity index (χ0v) is 12.1. The lowest BCUT2D eigenvalue weighted by Crippen LogP contribution is -2.41. The van der Waals surface area contributed by atoms with Crippen LogP contribution >= 0.6 is 0 Å². The van der Waals surface area contributed by atoms with Gasteiger partial charge < -0.3 is 15.3 Å². The standard InChI is InChI=1S/C14H17F2N3O3/c1-9(20)7-17-13(21)8-18-4-5-19(14(18)22)10-2-3-11(15)12(16)6-10/h2-3,6,9,20H,4-5,7-8H2,1H3,(H,17,21). The molecule has 1 aliphatic heterocycles. The summed E-state index contributed by atoms with van der Waals surface area (Å²) in [7, 11) is 0. The van der Waals surface area contributed by atoms with E-state index in [1.807, 2.05) is 0 Å². The first kappa shape index (κ1) is 16.2. The number of nitrogens with one attached hydrogen (secondary N) is 1. The van der Waals surface area contributed by atoms with Gasteiger partial charge in [0.15, 0.2) is 11.6 Å². The van der Waals surface area contributed by atoms with Crippen molar-refractivity contribution < 1.29 is 23.5 Å². The fraction of sp³-hybridized carbons (Fsp3) is 0.429. The van der Waals surface area contributed by atoms with Crippen molar-refractivity contribution in [3.05, 3.63) is 29.8 Å². The third-order valence-electron chi connectivity index (χ3n) is 3.24. The summed E-state index contributed by atoms with van der Waals surface area (Å²) in [5.74, 6) is -2.40. The van der Waals surface area contributed by atoms with Gasteiger partial charge in [-0.15, -0.1) is 0 Å². The zero-order chi connectivity index (χ0) is 16.3. The number of halogens is 2. The molecule has 22 heavy (non-hydrogen) atoms. The summed E-state index contributed by atoms with van der Waals surface area (Å²) in [6, 6.07) is 2.77. The van der Waals surface area contributed by atoms with E-state index >= 15 is 0 Å². The minimum atomic E-state index is -1.03. The molecule has 1 aliphatic rings. The summed E-state index contributed by atoms with van der Waals surface area (Å²) in [6.07, 6.45) is -0.670. The van der Waals surface area contributed by atoms with Crippen molar-refractivity contribution in [1.29, 1.82) is 0 Å². The SMILES string of the molecule is CC(O)CNC(=O)CN1CCN(c2ccc(F)c(F)c2)C1=O.